The zero-order valence-electron chi connectivity index (χ0n) is 13.8. The molecule has 8 heteroatoms. The minimum atomic E-state index is -4.75. The summed E-state index contributed by atoms with van der Waals surface area (Å²) in [5.41, 5.74) is -2.58. The molecule has 5 nitrogen and oxygen atoms in total. The number of hydrogen-bond donors (Lipinski definition) is 1. The first-order valence-electron chi connectivity index (χ1n) is 8.59. The van der Waals surface area contributed by atoms with Gasteiger partial charge in [0.2, 0.25) is 5.56 Å². The normalized spacial score (nSPS) is 22.4. The Labute approximate surface area is 143 Å². The maximum Gasteiger partial charge on any atom is 0.417 e. The lowest BCUT2D eigenvalue weighted by Crippen LogP contribution is -2.35. The number of nitrogens with one attached hydrogen (secondary N) is 1. The number of alkyl halides is 3. The summed E-state index contributed by atoms with van der Waals surface area (Å²) < 4.78 is 45.4. The number of amides is 1. The molecule has 0 aromatic carbocycles. The van der Waals surface area contributed by atoms with Crippen molar-refractivity contribution in [3.8, 4) is 0 Å². The first-order valence-corrected chi connectivity index (χ1v) is 8.59. The van der Waals surface area contributed by atoms with Crippen LogP contribution in [0.1, 0.15) is 54.4 Å². The zero-order valence-corrected chi connectivity index (χ0v) is 13.8. The second kappa shape index (κ2) is 7.19. The van der Waals surface area contributed by atoms with E-state index in [9.17, 15) is 22.8 Å². The smallest absolute Gasteiger partial charge is 0.375 e. The number of halogens is 3. The van der Waals surface area contributed by atoms with E-state index < -0.39 is 28.8 Å². The Morgan fingerprint density at radius 1 is 1.12 bits per heavy atom. The number of ether oxygens (including phenoxy) is 1. The Morgan fingerprint density at radius 3 is 2.44 bits per heavy atom. The average molecular weight is 358 g/mol. The fourth-order valence-corrected chi connectivity index (χ4v) is 3.24. The van der Waals surface area contributed by atoms with Crippen molar-refractivity contribution in [3.63, 3.8) is 0 Å². The van der Waals surface area contributed by atoms with Crippen LogP contribution in [-0.2, 0) is 10.9 Å². The number of rotatable bonds is 3. The zero-order chi connectivity index (χ0) is 18.0. The van der Waals surface area contributed by atoms with Crippen molar-refractivity contribution in [2.24, 2.45) is 0 Å². The highest BCUT2D eigenvalue weighted by Gasteiger charge is 2.37. The quantitative estimate of drug-likeness (QED) is 0.904. The highest BCUT2D eigenvalue weighted by Crippen LogP contribution is 2.32. The number of aromatic amines is 1. The lowest BCUT2D eigenvalue weighted by atomic mass is 9.95. The molecule has 138 valence electrons. The van der Waals surface area contributed by atoms with Crippen LogP contribution in [0.4, 0.5) is 13.2 Å². The van der Waals surface area contributed by atoms with Crippen LogP contribution < -0.4 is 5.56 Å². The minimum absolute atomic E-state index is 0.0563. The molecule has 1 unspecified atom stereocenters. The summed E-state index contributed by atoms with van der Waals surface area (Å²) in [6.07, 6.45) is 1.87. The first kappa shape index (κ1) is 18.0. The van der Waals surface area contributed by atoms with Gasteiger partial charge in [-0.05, 0) is 38.5 Å². The fourth-order valence-electron chi connectivity index (χ4n) is 3.24. The molecule has 1 N–H and O–H groups in total. The number of aromatic nitrogens is 1. The third-order valence-electron chi connectivity index (χ3n) is 4.86. The van der Waals surface area contributed by atoms with E-state index in [-0.39, 0.29) is 6.10 Å². The molecule has 1 saturated carbocycles. The molecule has 2 fully saturated rings. The minimum Gasteiger partial charge on any atom is -0.375 e. The molecule has 1 saturated heterocycles. The summed E-state index contributed by atoms with van der Waals surface area (Å²) in [5, 5.41) is 0. The standard InChI is InChI=1S/C17H21F3N2O3/c18-17(19,20)14-9-15(23)21-10-13(14)16(24)22-7-2-5-12(6-8-22)25-11-3-1-4-11/h9-12H,1-8H2,(H,21,23). The topological polar surface area (TPSA) is 62.4 Å². The van der Waals surface area contributed by atoms with Gasteiger partial charge < -0.3 is 14.6 Å². The number of pyridine rings is 1. The molecule has 1 aromatic rings. The highest BCUT2D eigenvalue weighted by atomic mass is 19.4. The molecular weight excluding hydrogens is 337 g/mol. The Balaban J connectivity index is 1.71. The Bertz CT molecular complexity index is 682. The Morgan fingerprint density at radius 2 is 1.80 bits per heavy atom. The predicted molar refractivity (Wildman–Crippen MR) is 84.3 cm³/mol. The second-order valence-corrected chi connectivity index (χ2v) is 6.66. The van der Waals surface area contributed by atoms with Crippen LogP contribution in [0, 0.1) is 0 Å². The fraction of sp³-hybridized carbons (Fsp3) is 0.647. The lowest BCUT2D eigenvalue weighted by molar-refractivity contribution is -0.138. The molecule has 3 rings (SSSR count). The van der Waals surface area contributed by atoms with E-state index >= 15 is 0 Å². The summed E-state index contributed by atoms with van der Waals surface area (Å²) in [4.78, 5) is 27.4. The molecule has 0 radical (unpaired) electrons. The Hall–Kier alpha value is -1.83. The molecule has 1 atom stereocenters. The van der Waals surface area contributed by atoms with Gasteiger partial charge in [0, 0.05) is 25.4 Å². The maximum atomic E-state index is 13.1. The third-order valence-corrected chi connectivity index (χ3v) is 4.86. The van der Waals surface area contributed by atoms with Gasteiger partial charge >= 0.3 is 6.18 Å². The van der Waals surface area contributed by atoms with Gasteiger partial charge in [-0.2, -0.15) is 13.2 Å². The number of likely N-dealkylation sites (tertiary alicyclic amines) is 1. The molecule has 1 aromatic heterocycles. The monoisotopic (exact) mass is 358 g/mol. The summed E-state index contributed by atoms with van der Waals surface area (Å²) in [5.74, 6) is -0.701. The van der Waals surface area contributed by atoms with Crippen LogP contribution in [0.3, 0.4) is 0 Å². The van der Waals surface area contributed by atoms with E-state index in [4.69, 9.17) is 4.74 Å². The van der Waals surface area contributed by atoms with Gasteiger partial charge in [-0.25, -0.2) is 0 Å². The van der Waals surface area contributed by atoms with Crippen LogP contribution in [0.15, 0.2) is 17.1 Å². The number of carbonyl (C=O) groups is 1. The van der Waals surface area contributed by atoms with Crippen LogP contribution in [0.25, 0.3) is 0 Å². The summed E-state index contributed by atoms with van der Waals surface area (Å²) in [6, 6.07) is 0.438. The van der Waals surface area contributed by atoms with Crippen molar-refractivity contribution < 1.29 is 22.7 Å². The average Bonchev–Trinajstić information content (AvgIpc) is 2.75. The van der Waals surface area contributed by atoms with Crippen molar-refractivity contribution in [2.75, 3.05) is 13.1 Å². The molecule has 0 bridgehead atoms. The molecule has 2 heterocycles. The van der Waals surface area contributed by atoms with Crippen molar-refractivity contribution >= 4 is 5.91 Å². The molecule has 25 heavy (non-hydrogen) atoms. The van der Waals surface area contributed by atoms with Crippen LogP contribution in [0.2, 0.25) is 0 Å². The predicted octanol–water partition coefficient (Wildman–Crippen LogP) is 2.96. The summed E-state index contributed by atoms with van der Waals surface area (Å²) in [6.45, 7) is 0.742. The third kappa shape index (κ3) is 4.23. The largest absolute Gasteiger partial charge is 0.417 e. The van der Waals surface area contributed by atoms with Crippen molar-refractivity contribution in [3.05, 3.63) is 33.7 Å². The molecule has 1 aliphatic heterocycles. The summed E-state index contributed by atoms with van der Waals surface area (Å²) >= 11 is 0. The van der Waals surface area contributed by atoms with Gasteiger partial charge in [0.1, 0.15) is 0 Å². The summed E-state index contributed by atoms with van der Waals surface area (Å²) in [7, 11) is 0. The van der Waals surface area contributed by atoms with E-state index in [2.05, 4.69) is 4.98 Å². The molecular formula is C17H21F3N2O3. The van der Waals surface area contributed by atoms with E-state index in [1.165, 1.54) is 11.3 Å². The van der Waals surface area contributed by atoms with E-state index in [1.54, 1.807) is 0 Å². The SMILES string of the molecule is O=C(c1c[nH]c(=O)cc1C(F)(F)F)N1CCCC(OC2CCC2)CC1. The number of hydrogen-bond acceptors (Lipinski definition) is 3. The van der Waals surface area contributed by atoms with E-state index in [0.717, 1.165) is 25.5 Å². The maximum absolute atomic E-state index is 13.1. The number of nitrogens with zero attached hydrogens (tertiary/aromatic N) is 1. The molecule has 0 spiro atoms. The highest BCUT2D eigenvalue weighted by molar-refractivity contribution is 5.95. The van der Waals surface area contributed by atoms with Crippen LogP contribution >= 0.6 is 0 Å². The number of carbonyl (C=O) groups excluding carboxylic acids is 1. The van der Waals surface area contributed by atoms with Gasteiger partial charge in [0.05, 0.1) is 23.3 Å². The van der Waals surface area contributed by atoms with Crippen LogP contribution in [0.5, 0.6) is 0 Å². The van der Waals surface area contributed by atoms with Crippen molar-refractivity contribution in [2.45, 2.75) is 56.9 Å². The molecule has 1 aliphatic carbocycles. The first-order chi connectivity index (χ1) is 11.8. The Kier molecular flexibility index (Phi) is 5.17. The van der Waals surface area contributed by atoms with Gasteiger partial charge in [-0.1, -0.05) is 0 Å². The van der Waals surface area contributed by atoms with Crippen molar-refractivity contribution in [1.29, 1.82) is 0 Å². The van der Waals surface area contributed by atoms with Crippen LogP contribution in [-0.4, -0.2) is 41.1 Å². The van der Waals surface area contributed by atoms with Gasteiger partial charge in [-0.15, -0.1) is 0 Å². The molecule has 1 amide bonds. The van der Waals surface area contributed by atoms with E-state index in [0.29, 0.717) is 38.1 Å². The lowest BCUT2D eigenvalue weighted by Gasteiger charge is -2.30. The van der Waals surface area contributed by atoms with Gasteiger partial charge in [0.15, 0.2) is 0 Å². The van der Waals surface area contributed by atoms with Gasteiger partial charge in [0.25, 0.3) is 5.91 Å². The number of H-pyrrole nitrogens is 1. The van der Waals surface area contributed by atoms with Gasteiger partial charge in [-0.3, -0.25) is 9.59 Å². The second-order valence-electron chi connectivity index (χ2n) is 6.66. The van der Waals surface area contributed by atoms with E-state index in [1.807, 2.05) is 0 Å². The molecule has 2 aliphatic rings. The van der Waals surface area contributed by atoms with Crippen molar-refractivity contribution in [1.82, 2.24) is 9.88 Å².